The monoisotopic (exact) mass is 764 g/mol. The van der Waals surface area contributed by atoms with Crippen LogP contribution < -0.4 is 14.8 Å². The summed E-state index contributed by atoms with van der Waals surface area (Å²) in [6.45, 7) is -0.413. The van der Waals surface area contributed by atoms with E-state index in [4.69, 9.17) is 24.3 Å². The summed E-state index contributed by atoms with van der Waals surface area (Å²) in [7, 11) is 1.46. The smallest absolute Gasteiger partial charge is 0.416 e. The summed E-state index contributed by atoms with van der Waals surface area (Å²) in [5.74, 6) is 0.232. The van der Waals surface area contributed by atoms with Crippen LogP contribution in [0.1, 0.15) is 45.9 Å². The number of carbonyl (C=O) groups excluding carboxylic acids is 1. The number of nitrogens with zero attached hydrogens (tertiary/aromatic N) is 1. The van der Waals surface area contributed by atoms with Gasteiger partial charge < -0.3 is 24.6 Å². The van der Waals surface area contributed by atoms with Crippen LogP contribution in [-0.2, 0) is 34.8 Å². The van der Waals surface area contributed by atoms with Crippen molar-refractivity contribution < 1.29 is 50.5 Å². The third-order valence-corrected chi connectivity index (χ3v) is 8.72. The highest BCUT2D eigenvalue weighted by molar-refractivity contribution is 9.10. The Balaban J connectivity index is 1.60. The fourth-order valence-electron chi connectivity index (χ4n) is 5.48. The molecule has 0 aromatic heterocycles. The average molecular weight is 766 g/mol. The number of methoxy groups -OCH3 is 1. The second-order valence-corrected chi connectivity index (χ2v) is 12.3. The SMILES string of the molecule is COc1cccc([C@H]2OC(c3ccc(OCCCO)cc3)=N[C@@]2(Cc2ccccc2Br)C(=O)NCc2cc(C(F)(F)F)cc(C(F)(F)F)c2)c1. The number of aliphatic hydroxyl groups excluding tert-OH is 1. The number of nitrogens with one attached hydrogen (secondary N) is 1. The molecule has 7 nitrogen and oxygen atoms in total. The summed E-state index contributed by atoms with van der Waals surface area (Å²) in [6, 6.07) is 21.6. The van der Waals surface area contributed by atoms with Crippen LogP contribution in [0.25, 0.3) is 0 Å². The second-order valence-electron chi connectivity index (χ2n) is 11.4. The first-order chi connectivity index (χ1) is 23.7. The van der Waals surface area contributed by atoms with Crippen molar-refractivity contribution in [2.24, 2.45) is 4.99 Å². The van der Waals surface area contributed by atoms with E-state index < -0.39 is 53.1 Å². The van der Waals surface area contributed by atoms with Crippen molar-refractivity contribution in [3.05, 3.63) is 129 Å². The molecule has 1 aliphatic heterocycles. The third-order valence-electron chi connectivity index (χ3n) is 7.94. The molecule has 0 saturated heterocycles. The molecule has 0 bridgehead atoms. The van der Waals surface area contributed by atoms with Gasteiger partial charge in [0.15, 0.2) is 11.6 Å². The van der Waals surface area contributed by atoms with Crippen LogP contribution in [0.2, 0.25) is 0 Å². The molecule has 4 aromatic rings. The Bertz CT molecular complexity index is 1820. The largest absolute Gasteiger partial charge is 0.497 e. The van der Waals surface area contributed by atoms with Gasteiger partial charge in [0.2, 0.25) is 5.90 Å². The minimum Gasteiger partial charge on any atom is -0.497 e. The number of hydrogen-bond donors (Lipinski definition) is 2. The molecule has 0 radical (unpaired) electrons. The van der Waals surface area contributed by atoms with Crippen molar-refractivity contribution in [1.29, 1.82) is 0 Å². The molecule has 0 spiro atoms. The topological polar surface area (TPSA) is 89.4 Å². The minimum atomic E-state index is -5.06. The van der Waals surface area contributed by atoms with E-state index in [0.717, 1.165) is 0 Å². The van der Waals surface area contributed by atoms with E-state index in [1.54, 1.807) is 72.8 Å². The van der Waals surface area contributed by atoms with E-state index in [0.29, 0.717) is 51.2 Å². The number of carbonyl (C=O) groups is 1. The zero-order valence-electron chi connectivity index (χ0n) is 26.4. The molecule has 1 heterocycles. The Morgan fingerprint density at radius 2 is 1.60 bits per heavy atom. The standard InChI is InChI=1S/C36H31BrF6N2O5/c1-48-29-8-4-7-24(18-29)31-34(20-25-6-2-3-9-30(25)37,45-32(50-31)23-10-12-28(13-11-23)49-15-5-14-46)33(47)44-21-22-16-26(35(38,39)40)19-27(17-22)36(41,42)43/h2-4,6-13,16-19,31,46H,5,14-15,20-21H2,1H3,(H,44,47)/t31-,34-/m1/s1. The van der Waals surface area contributed by atoms with E-state index in [1.165, 1.54) is 7.11 Å². The molecule has 264 valence electrons. The van der Waals surface area contributed by atoms with E-state index in [2.05, 4.69) is 21.2 Å². The first-order valence-electron chi connectivity index (χ1n) is 15.3. The number of aliphatic hydroxyl groups is 1. The van der Waals surface area contributed by atoms with E-state index in [-0.39, 0.29) is 31.6 Å². The van der Waals surface area contributed by atoms with Gasteiger partial charge in [-0.25, -0.2) is 4.99 Å². The van der Waals surface area contributed by atoms with Crippen molar-refractivity contribution in [3.8, 4) is 11.5 Å². The van der Waals surface area contributed by atoms with E-state index in [1.807, 2.05) is 0 Å². The molecule has 0 aliphatic carbocycles. The van der Waals surface area contributed by atoms with Crippen molar-refractivity contribution in [2.45, 2.75) is 43.4 Å². The van der Waals surface area contributed by atoms with Gasteiger partial charge in [-0.3, -0.25) is 4.79 Å². The van der Waals surface area contributed by atoms with Gasteiger partial charge in [-0.1, -0.05) is 46.3 Å². The van der Waals surface area contributed by atoms with Crippen molar-refractivity contribution >= 4 is 27.7 Å². The molecule has 1 aliphatic rings. The number of rotatable bonds is 12. The Kier molecular flexibility index (Phi) is 11.1. The minimum absolute atomic E-state index is 0.0307. The predicted octanol–water partition coefficient (Wildman–Crippen LogP) is 8.07. The van der Waals surface area contributed by atoms with Gasteiger partial charge in [-0.2, -0.15) is 26.3 Å². The van der Waals surface area contributed by atoms with Crippen LogP contribution in [0.4, 0.5) is 26.3 Å². The van der Waals surface area contributed by atoms with Gasteiger partial charge in [0.25, 0.3) is 5.91 Å². The molecule has 50 heavy (non-hydrogen) atoms. The maximum atomic E-state index is 14.5. The number of benzene rings is 4. The lowest BCUT2D eigenvalue weighted by atomic mass is 9.82. The first-order valence-corrected chi connectivity index (χ1v) is 16.1. The lowest BCUT2D eigenvalue weighted by molar-refractivity contribution is -0.143. The molecule has 2 N–H and O–H groups in total. The zero-order chi connectivity index (χ0) is 36.1. The summed E-state index contributed by atoms with van der Waals surface area (Å²) in [5, 5.41) is 11.6. The molecule has 1 amide bonds. The molecule has 5 rings (SSSR count). The lowest BCUT2D eigenvalue weighted by Gasteiger charge is -2.31. The summed E-state index contributed by atoms with van der Waals surface area (Å²) >= 11 is 3.51. The molecule has 4 aromatic carbocycles. The maximum Gasteiger partial charge on any atom is 0.416 e. The van der Waals surface area contributed by atoms with E-state index in [9.17, 15) is 31.1 Å². The maximum absolute atomic E-state index is 14.5. The second kappa shape index (κ2) is 15.1. The van der Waals surface area contributed by atoms with Gasteiger partial charge >= 0.3 is 12.4 Å². The number of amides is 1. The lowest BCUT2D eigenvalue weighted by Crippen LogP contribution is -2.49. The Hall–Kier alpha value is -4.56. The Morgan fingerprint density at radius 1 is 0.920 bits per heavy atom. The summed E-state index contributed by atoms with van der Waals surface area (Å²) < 4.78 is 99.8. The van der Waals surface area contributed by atoms with Crippen molar-refractivity contribution in [2.75, 3.05) is 20.3 Å². The van der Waals surface area contributed by atoms with Gasteiger partial charge in [0, 0.05) is 36.0 Å². The number of alkyl halides is 6. The van der Waals surface area contributed by atoms with Crippen LogP contribution in [0.15, 0.2) is 100 Å². The number of aliphatic imine (C=N–C) groups is 1. The number of hydrogen-bond acceptors (Lipinski definition) is 6. The molecule has 0 saturated carbocycles. The van der Waals surface area contributed by atoms with Crippen molar-refractivity contribution in [1.82, 2.24) is 5.32 Å². The summed E-state index contributed by atoms with van der Waals surface area (Å²) in [4.78, 5) is 19.4. The molecule has 2 atom stereocenters. The molecule has 0 unspecified atom stereocenters. The number of ether oxygens (including phenoxy) is 3. The highest BCUT2D eigenvalue weighted by atomic mass is 79.9. The Morgan fingerprint density at radius 3 is 2.22 bits per heavy atom. The highest BCUT2D eigenvalue weighted by Gasteiger charge is 2.53. The average Bonchev–Trinajstić information content (AvgIpc) is 3.48. The van der Waals surface area contributed by atoms with Gasteiger partial charge in [0.1, 0.15) is 11.5 Å². The third kappa shape index (κ3) is 8.41. The van der Waals surface area contributed by atoms with Gasteiger partial charge in [-0.15, -0.1) is 0 Å². The fraction of sp³-hybridized carbons (Fsp3) is 0.278. The zero-order valence-corrected chi connectivity index (χ0v) is 28.0. The fourth-order valence-corrected chi connectivity index (χ4v) is 5.90. The van der Waals surface area contributed by atoms with Gasteiger partial charge in [0.05, 0.1) is 24.8 Å². The Labute approximate surface area is 292 Å². The molecular formula is C36H31BrF6N2O5. The quantitative estimate of drug-likeness (QED) is 0.113. The van der Waals surface area contributed by atoms with Crippen LogP contribution in [0.3, 0.4) is 0 Å². The van der Waals surface area contributed by atoms with Crippen LogP contribution in [0.5, 0.6) is 11.5 Å². The van der Waals surface area contributed by atoms with Crippen molar-refractivity contribution in [3.63, 3.8) is 0 Å². The van der Waals surface area contributed by atoms with Crippen LogP contribution in [-0.4, -0.2) is 42.8 Å². The molecule has 14 heteroatoms. The predicted molar refractivity (Wildman–Crippen MR) is 176 cm³/mol. The first kappa shape index (κ1) is 36.7. The molecule has 0 fully saturated rings. The van der Waals surface area contributed by atoms with Crippen LogP contribution >= 0.6 is 15.9 Å². The number of halogens is 7. The molecular weight excluding hydrogens is 734 g/mol. The normalized spacial score (nSPS) is 17.5. The summed E-state index contributed by atoms with van der Waals surface area (Å²) in [5.41, 5.74) is -3.63. The van der Waals surface area contributed by atoms with E-state index >= 15 is 0 Å². The van der Waals surface area contributed by atoms with Crippen LogP contribution in [0, 0.1) is 0 Å². The summed E-state index contributed by atoms with van der Waals surface area (Å²) in [6.07, 6.45) is -10.9. The highest BCUT2D eigenvalue weighted by Crippen LogP contribution is 2.44. The van der Waals surface area contributed by atoms with Gasteiger partial charge in [-0.05, 0) is 77.4 Å².